The maximum Gasteiger partial charge on any atom is 0.159 e. The van der Waals surface area contributed by atoms with Crippen LogP contribution in [0.2, 0.25) is 0 Å². The van der Waals surface area contributed by atoms with Crippen molar-refractivity contribution in [2.24, 2.45) is 0 Å². The molecule has 1 heterocycles. The van der Waals surface area contributed by atoms with Crippen LogP contribution in [0.4, 0.5) is 0 Å². The number of hydrogen-bond acceptors (Lipinski definition) is 4. The zero-order valence-electron chi connectivity index (χ0n) is 11.4. The lowest BCUT2D eigenvalue weighted by Crippen LogP contribution is -2.27. The molecular formula is C13H23N3O. The van der Waals surface area contributed by atoms with Gasteiger partial charge in [0.15, 0.2) is 5.82 Å². The monoisotopic (exact) mass is 237 g/mol. The molecule has 0 aliphatic rings. The molecule has 0 fully saturated rings. The molecule has 1 aromatic heterocycles. The summed E-state index contributed by atoms with van der Waals surface area (Å²) in [5, 5.41) is 3.34. The number of rotatable bonds is 6. The Kier molecular flexibility index (Phi) is 5.02. The van der Waals surface area contributed by atoms with Crippen molar-refractivity contribution < 1.29 is 4.74 Å². The first-order valence-electron chi connectivity index (χ1n) is 6.11. The van der Waals surface area contributed by atoms with Crippen molar-refractivity contribution in [2.75, 3.05) is 7.11 Å². The average Bonchev–Trinajstić information content (AvgIpc) is 2.36. The number of ether oxygens (including phenoxy) is 1. The summed E-state index contributed by atoms with van der Waals surface area (Å²) in [5.41, 5.74) is 0.710. The molecule has 0 aliphatic carbocycles. The molecule has 0 spiro atoms. The quantitative estimate of drug-likeness (QED) is 0.824. The van der Waals surface area contributed by atoms with Crippen molar-refractivity contribution in [3.8, 4) is 0 Å². The number of aromatic nitrogens is 2. The van der Waals surface area contributed by atoms with E-state index >= 15 is 0 Å². The van der Waals surface area contributed by atoms with Gasteiger partial charge in [0.25, 0.3) is 0 Å². The van der Waals surface area contributed by atoms with Gasteiger partial charge in [-0.05, 0) is 13.3 Å². The van der Waals surface area contributed by atoms with Crippen LogP contribution >= 0.6 is 0 Å². The molecule has 4 heteroatoms. The Balaban J connectivity index is 2.73. The minimum Gasteiger partial charge on any atom is -0.371 e. The number of methoxy groups -OCH3 is 1. The molecule has 0 aliphatic heterocycles. The Hall–Kier alpha value is -1.00. The summed E-state index contributed by atoms with van der Waals surface area (Å²) >= 11 is 0. The Bertz CT molecular complexity index is 331. The molecule has 0 saturated heterocycles. The Labute approximate surface area is 104 Å². The number of nitrogens with zero attached hydrogens (tertiary/aromatic N) is 2. The molecule has 0 bridgehead atoms. The van der Waals surface area contributed by atoms with Crippen LogP contribution in [0.3, 0.4) is 0 Å². The maximum absolute atomic E-state index is 5.47. The van der Waals surface area contributed by atoms with Crippen LogP contribution in [-0.4, -0.2) is 23.1 Å². The molecule has 1 unspecified atom stereocenters. The summed E-state index contributed by atoms with van der Waals surface area (Å²) < 4.78 is 5.47. The van der Waals surface area contributed by atoms with E-state index in [1.165, 1.54) is 0 Å². The molecule has 1 atom stereocenters. The summed E-state index contributed by atoms with van der Waals surface area (Å²) in [6, 6.07) is 0.467. The van der Waals surface area contributed by atoms with E-state index < -0.39 is 0 Å². The lowest BCUT2D eigenvalue weighted by molar-refractivity contribution is -0.00903. The van der Waals surface area contributed by atoms with E-state index in [-0.39, 0.29) is 5.60 Å². The van der Waals surface area contributed by atoms with Gasteiger partial charge in [-0.2, -0.15) is 0 Å². The Morgan fingerprint density at radius 1 is 1.35 bits per heavy atom. The number of hydrogen-bond donors (Lipinski definition) is 1. The molecule has 0 radical (unpaired) electrons. The van der Waals surface area contributed by atoms with E-state index in [0.717, 1.165) is 24.4 Å². The third kappa shape index (κ3) is 3.75. The van der Waals surface area contributed by atoms with Gasteiger partial charge >= 0.3 is 0 Å². The predicted molar refractivity (Wildman–Crippen MR) is 68.7 cm³/mol. The third-order valence-electron chi connectivity index (χ3n) is 3.02. The molecule has 17 heavy (non-hydrogen) atoms. The predicted octanol–water partition coefficient (Wildman–Crippen LogP) is 2.25. The van der Waals surface area contributed by atoms with Crippen molar-refractivity contribution in [3.63, 3.8) is 0 Å². The molecule has 0 aromatic carbocycles. The summed E-state index contributed by atoms with van der Waals surface area (Å²) in [7, 11) is 1.70. The van der Waals surface area contributed by atoms with Crippen molar-refractivity contribution in [1.82, 2.24) is 15.3 Å². The minimum absolute atomic E-state index is 0.385. The van der Waals surface area contributed by atoms with Gasteiger partial charge in [-0.25, -0.2) is 9.97 Å². The molecule has 0 saturated carbocycles. The van der Waals surface area contributed by atoms with E-state index in [4.69, 9.17) is 4.74 Å². The second kappa shape index (κ2) is 6.07. The van der Waals surface area contributed by atoms with Gasteiger partial charge in [-0.3, -0.25) is 0 Å². The summed E-state index contributed by atoms with van der Waals surface area (Å²) in [6.45, 7) is 9.12. The van der Waals surface area contributed by atoms with Gasteiger partial charge in [0.1, 0.15) is 5.60 Å². The van der Waals surface area contributed by atoms with Gasteiger partial charge in [0.05, 0.1) is 0 Å². The zero-order valence-corrected chi connectivity index (χ0v) is 11.4. The molecular weight excluding hydrogens is 214 g/mol. The highest BCUT2D eigenvalue weighted by Gasteiger charge is 2.26. The second-order valence-corrected chi connectivity index (χ2v) is 4.74. The third-order valence-corrected chi connectivity index (χ3v) is 3.02. The van der Waals surface area contributed by atoms with Gasteiger partial charge in [-0.15, -0.1) is 0 Å². The van der Waals surface area contributed by atoms with Crippen LogP contribution in [0, 0.1) is 0 Å². The van der Waals surface area contributed by atoms with Crippen LogP contribution < -0.4 is 5.32 Å². The van der Waals surface area contributed by atoms with Crippen molar-refractivity contribution in [3.05, 3.63) is 23.8 Å². The topological polar surface area (TPSA) is 47.0 Å². The summed E-state index contributed by atoms with van der Waals surface area (Å²) in [4.78, 5) is 8.79. The van der Waals surface area contributed by atoms with Crippen molar-refractivity contribution >= 4 is 0 Å². The fraction of sp³-hybridized carbons (Fsp3) is 0.692. The van der Waals surface area contributed by atoms with Crippen LogP contribution in [0.1, 0.15) is 45.5 Å². The second-order valence-electron chi connectivity index (χ2n) is 4.74. The van der Waals surface area contributed by atoms with E-state index in [1.54, 1.807) is 7.11 Å². The summed E-state index contributed by atoms with van der Waals surface area (Å²) in [5.74, 6) is 0.746. The molecule has 1 rings (SSSR count). The highest BCUT2D eigenvalue weighted by atomic mass is 16.5. The van der Waals surface area contributed by atoms with Crippen molar-refractivity contribution in [2.45, 2.75) is 52.3 Å². The fourth-order valence-electron chi connectivity index (χ4n) is 1.43. The largest absolute Gasteiger partial charge is 0.371 e. The lowest BCUT2D eigenvalue weighted by atomic mass is 10.0. The normalized spacial score (nSPS) is 14.9. The van der Waals surface area contributed by atoms with Gasteiger partial charge in [-0.1, -0.05) is 20.8 Å². The van der Waals surface area contributed by atoms with Gasteiger partial charge < -0.3 is 10.1 Å². The van der Waals surface area contributed by atoms with E-state index in [1.807, 2.05) is 19.3 Å². The van der Waals surface area contributed by atoms with Crippen molar-refractivity contribution in [1.29, 1.82) is 0 Å². The standard InChI is InChI=1S/C13H23N3O/c1-6-13(4,17-5)12-15-8-11(9-16-12)7-14-10(2)3/h8-10,14H,6-7H2,1-5H3. The zero-order chi connectivity index (χ0) is 12.9. The molecule has 96 valence electrons. The minimum atomic E-state index is -0.385. The Morgan fingerprint density at radius 2 is 1.94 bits per heavy atom. The number of nitrogens with one attached hydrogen (secondary N) is 1. The van der Waals surface area contributed by atoms with Crippen LogP contribution in [-0.2, 0) is 16.9 Å². The first-order valence-corrected chi connectivity index (χ1v) is 6.11. The maximum atomic E-state index is 5.47. The fourth-order valence-corrected chi connectivity index (χ4v) is 1.43. The average molecular weight is 237 g/mol. The molecule has 1 N–H and O–H groups in total. The first kappa shape index (κ1) is 14.1. The van der Waals surface area contributed by atoms with Crippen LogP contribution in [0.5, 0.6) is 0 Å². The van der Waals surface area contributed by atoms with Gasteiger partial charge in [0.2, 0.25) is 0 Å². The van der Waals surface area contributed by atoms with E-state index in [9.17, 15) is 0 Å². The molecule has 4 nitrogen and oxygen atoms in total. The molecule has 0 amide bonds. The van der Waals surface area contributed by atoms with Crippen LogP contribution in [0.25, 0.3) is 0 Å². The van der Waals surface area contributed by atoms with Crippen LogP contribution in [0.15, 0.2) is 12.4 Å². The highest BCUT2D eigenvalue weighted by Crippen LogP contribution is 2.24. The molecule has 1 aromatic rings. The van der Waals surface area contributed by atoms with E-state index in [2.05, 4.69) is 36.1 Å². The van der Waals surface area contributed by atoms with E-state index in [0.29, 0.717) is 6.04 Å². The van der Waals surface area contributed by atoms with Gasteiger partial charge in [0, 0.05) is 37.7 Å². The highest BCUT2D eigenvalue weighted by molar-refractivity contribution is 5.08. The Morgan fingerprint density at radius 3 is 2.35 bits per heavy atom. The lowest BCUT2D eigenvalue weighted by Gasteiger charge is -2.24. The smallest absolute Gasteiger partial charge is 0.159 e. The first-order chi connectivity index (χ1) is 8.01. The summed E-state index contributed by atoms with van der Waals surface area (Å²) in [6.07, 6.45) is 4.59. The SMILES string of the molecule is CCC(C)(OC)c1ncc(CNC(C)C)cn1.